The molecule has 0 amide bonds. The lowest BCUT2D eigenvalue weighted by Gasteiger charge is -2.23. The van der Waals surface area contributed by atoms with Gasteiger partial charge < -0.3 is 14.3 Å². The lowest BCUT2D eigenvalue weighted by molar-refractivity contribution is 0.499. The van der Waals surface area contributed by atoms with E-state index in [0.717, 1.165) is 64.4 Å². The van der Waals surface area contributed by atoms with Crippen LogP contribution < -0.4 is 5.32 Å². The van der Waals surface area contributed by atoms with E-state index in [4.69, 9.17) is 14.4 Å². The van der Waals surface area contributed by atoms with Gasteiger partial charge in [0.1, 0.15) is 23.0 Å². The molecule has 2 aliphatic carbocycles. The molecule has 4 aromatic carbocycles. The highest BCUT2D eigenvalue weighted by molar-refractivity contribution is 6.16. The molecular formula is C39H30N4O. The molecule has 2 aromatic heterocycles. The van der Waals surface area contributed by atoms with Crippen LogP contribution in [0.5, 0.6) is 0 Å². The number of aliphatic imine (C=N–C) groups is 2. The first-order chi connectivity index (χ1) is 21.8. The predicted molar refractivity (Wildman–Crippen MR) is 180 cm³/mol. The van der Waals surface area contributed by atoms with Crippen LogP contribution in [0.3, 0.4) is 0 Å². The fourth-order valence-electron chi connectivity index (χ4n) is 6.91. The Bertz CT molecular complexity index is 2190. The zero-order valence-corrected chi connectivity index (χ0v) is 24.2. The summed E-state index contributed by atoms with van der Waals surface area (Å²) in [4.78, 5) is 10.2. The minimum absolute atomic E-state index is 0.166. The summed E-state index contributed by atoms with van der Waals surface area (Å²) >= 11 is 0. The maximum Gasteiger partial charge on any atom is 0.169 e. The smallest absolute Gasteiger partial charge is 0.169 e. The lowest BCUT2D eigenvalue weighted by atomic mass is 9.98. The van der Waals surface area contributed by atoms with Crippen LogP contribution in [0.4, 0.5) is 0 Å². The number of aromatic nitrogens is 1. The number of para-hydroxylation sites is 2. The first kappa shape index (κ1) is 25.1. The second kappa shape index (κ2) is 10.1. The van der Waals surface area contributed by atoms with Crippen LogP contribution in [0.25, 0.3) is 38.9 Å². The van der Waals surface area contributed by atoms with Gasteiger partial charge in [-0.1, -0.05) is 109 Å². The van der Waals surface area contributed by atoms with Gasteiger partial charge >= 0.3 is 0 Å². The molecule has 1 aliphatic heterocycles. The van der Waals surface area contributed by atoms with Gasteiger partial charge in [0.2, 0.25) is 0 Å². The third-order valence-electron chi connectivity index (χ3n) is 9.01. The summed E-state index contributed by atoms with van der Waals surface area (Å²) < 4.78 is 9.09. The van der Waals surface area contributed by atoms with Crippen molar-refractivity contribution in [2.45, 2.75) is 31.5 Å². The molecule has 0 fully saturated rings. The van der Waals surface area contributed by atoms with E-state index >= 15 is 0 Å². The van der Waals surface area contributed by atoms with Crippen molar-refractivity contribution in [2.24, 2.45) is 9.98 Å². The molecule has 2 unspecified atom stereocenters. The molecule has 3 aliphatic rings. The third-order valence-corrected chi connectivity index (χ3v) is 9.01. The number of nitrogens with zero attached hydrogens (tertiary/aromatic N) is 3. The highest BCUT2D eigenvalue weighted by atomic mass is 16.3. The van der Waals surface area contributed by atoms with E-state index in [1.54, 1.807) is 0 Å². The van der Waals surface area contributed by atoms with Crippen molar-refractivity contribution < 1.29 is 4.42 Å². The van der Waals surface area contributed by atoms with Crippen LogP contribution in [-0.4, -0.2) is 16.2 Å². The van der Waals surface area contributed by atoms with Gasteiger partial charge in [0.05, 0.1) is 6.04 Å². The van der Waals surface area contributed by atoms with Crippen molar-refractivity contribution in [1.29, 1.82) is 0 Å². The van der Waals surface area contributed by atoms with Gasteiger partial charge in [0, 0.05) is 55.9 Å². The molecule has 0 saturated heterocycles. The average molecular weight is 571 g/mol. The maximum atomic E-state index is 6.63. The Morgan fingerprint density at radius 2 is 1.48 bits per heavy atom. The number of rotatable bonds is 4. The summed E-state index contributed by atoms with van der Waals surface area (Å²) in [7, 11) is 0. The number of nitrogens with one attached hydrogen (secondary N) is 1. The molecule has 44 heavy (non-hydrogen) atoms. The number of hydrogen-bond donors (Lipinski definition) is 1. The Hall–Kier alpha value is -5.42. The number of fused-ring (bicyclic) bond motifs is 6. The normalized spacial score (nSPS) is 19.5. The molecular weight excluding hydrogens is 540 g/mol. The monoisotopic (exact) mass is 570 g/mol. The van der Waals surface area contributed by atoms with E-state index in [2.05, 4.69) is 119 Å². The van der Waals surface area contributed by atoms with E-state index < -0.39 is 0 Å². The number of allylic oxidation sites excluding steroid dienone is 3. The minimum Gasteiger partial charge on any atom is -0.460 e. The van der Waals surface area contributed by atoms with Crippen molar-refractivity contribution in [1.82, 2.24) is 9.88 Å². The fraction of sp³-hybridized carbons (Fsp3) is 0.128. The quantitative estimate of drug-likeness (QED) is 0.230. The van der Waals surface area contributed by atoms with Gasteiger partial charge in [-0.25, -0.2) is 9.98 Å². The highest BCUT2D eigenvalue weighted by Gasteiger charge is 2.26. The van der Waals surface area contributed by atoms with Gasteiger partial charge in [-0.3, -0.25) is 0 Å². The van der Waals surface area contributed by atoms with E-state index in [1.807, 2.05) is 18.2 Å². The van der Waals surface area contributed by atoms with Crippen molar-refractivity contribution in [3.05, 3.63) is 149 Å². The molecule has 0 radical (unpaired) electrons. The minimum atomic E-state index is -0.370. The van der Waals surface area contributed by atoms with Crippen LogP contribution in [0.2, 0.25) is 0 Å². The second-order valence-electron chi connectivity index (χ2n) is 11.7. The average Bonchev–Trinajstić information content (AvgIpc) is 3.63. The van der Waals surface area contributed by atoms with Crippen LogP contribution in [0.1, 0.15) is 47.5 Å². The predicted octanol–water partition coefficient (Wildman–Crippen LogP) is 9.07. The topological polar surface area (TPSA) is 54.8 Å². The van der Waals surface area contributed by atoms with Gasteiger partial charge in [-0.2, -0.15) is 0 Å². The summed E-state index contributed by atoms with van der Waals surface area (Å²) in [6, 6.07) is 34.3. The zero-order valence-electron chi connectivity index (χ0n) is 24.2. The molecule has 2 atom stereocenters. The molecule has 5 heteroatoms. The Balaban J connectivity index is 1.10. The van der Waals surface area contributed by atoms with Crippen LogP contribution in [0, 0.1) is 0 Å². The number of furan rings is 1. The number of hydrogen-bond acceptors (Lipinski definition) is 4. The largest absolute Gasteiger partial charge is 0.460 e. The van der Waals surface area contributed by atoms with Gasteiger partial charge in [0.25, 0.3) is 0 Å². The van der Waals surface area contributed by atoms with Crippen LogP contribution >= 0.6 is 0 Å². The molecule has 3 heterocycles. The van der Waals surface area contributed by atoms with Crippen molar-refractivity contribution >= 4 is 50.5 Å². The molecule has 1 N–H and O–H groups in total. The molecule has 5 nitrogen and oxygen atoms in total. The fourth-order valence-corrected chi connectivity index (χ4v) is 6.91. The number of amidine groups is 2. The van der Waals surface area contributed by atoms with E-state index in [1.165, 1.54) is 27.4 Å². The van der Waals surface area contributed by atoms with Gasteiger partial charge in [-0.05, 0) is 31.0 Å². The lowest BCUT2D eigenvalue weighted by Crippen LogP contribution is -2.36. The molecule has 0 bridgehead atoms. The summed E-state index contributed by atoms with van der Waals surface area (Å²) in [5.41, 5.74) is 7.72. The van der Waals surface area contributed by atoms with E-state index in [9.17, 15) is 0 Å². The number of benzene rings is 4. The van der Waals surface area contributed by atoms with Gasteiger partial charge in [0.15, 0.2) is 6.17 Å². The zero-order chi connectivity index (χ0) is 29.0. The highest BCUT2D eigenvalue weighted by Crippen LogP contribution is 2.40. The molecule has 6 aromatic rings. The Kier molecular flexibility index (Phi) is 5.76. The Morgan fingerprint density at radius 3 is 2.25 bits per heavy atom. The molecule has 212 valence electrons. The summed E-state index contributed by atoms with van der Waals surface area (Å²) in [5, 5.41) is 7.20. The molecule has 0 saturated carbocycles. The SMILES string of the molecule is C1=CC(C2=NC(c3ccc4c5c(oc4c3)CC(n3c4ccccc4c4ccccc43)C=C5)N=C(c3ccccc3)N2)=CCC1. The summed E-state index contributed by atoms with van der Waals surface area (Å²) in [6.45, 7) is 0. The summed E-state index contributed by atoms with van der Waals surface area (Å²) in [6.07, 6.45) is 13.7. The van der Waals surface area contributed by atoms with E-state index in [-0.39, 0.29) is 12.2 Å². The van der Waals surface area contributed by atoms with Crippen molar-refractivity contribution in [2.75, 3.05) is 0 Å². The van der Waals surface area contributed by atoms with Crippen LogP contribution in [0.15, 0.2) is 141 Å². The molecule has 9 rings (SSSR count). The molecule has 0 spiro atoms. The third kappa shape index (κ3) is 4.08. The van der Waals surface area contributed by atoms with E-state index in [0.29, 0.717) is 0 Å². The maximum absolute atomic E-state index is 6.63. The standard InChI is InChI=1S/C39H30N4O/c1-3-11-25(12-4-1)37-40-38(26-13-5-2-6-14-26)42-39(41-37)27-19-21-31-32-22-20-28(24-36(32)44-35(31)23-27)43-33-17-9-7-15-29(33)30-16-8-10-18-34(30)43/h1,3-5,7-23,28,39H,2,6,24H2,(H,40,41,42). The second-order valence-corrected chi connectivity index (χ2v) is 11.7. The Labute approximate surface area is 255 Å². The summed E-state index contributed by atoms with van der Waals surface area (Å²) in [5.74, 6) is 2.71. The van der Waals surface area contributed by atoms with Crippen molar-refractivity contribution in [3.63, 3.8) is 0 Å². The Morgan fingerprint density at radius 1 is 0.727 bits per heavy atom. The van der Waals surface area contributed by atoms with Gasteiger partial charge in [-0.15, -0.1) is 0 Å². The van der Waals surface area contributed by atoms with Crippen molar-refractivity contribution in [3.8, 4) is 0 Å². The first-order valence-electron chi connectivity index (χ1n) is 15.4. The first-order valence-corrected chi connectivity index (χ1v) is 15.4. The van der Waals surface area contributed by atoms with Crippen LogP contribution in [-0.2, 0) is 6.42 Å².